The van der Waals surface area contributed by atoms with Crippen LogP contribution in [0.3, 0.4) is 0 Å². The molecule has 202 valence electrons. The van der Waals surface area contributed by atoms with Crippen LogP contribution in [-0.2, 0) is 9.53 Å². The van der Waals surface area contributed by atoms with Crippen LogP contribution in [-0.4, -0.2) is 76.1 Å². The molecule has 38 heavy (non-hydrogen) atoms. The minimum Gasteiger partial charge on any atom is -0.492 e. The van der Waals surface area contributed by atoms with Crippen LogP contribution in [0, 0.1) is 0 Å². The van der Waals surface area contributed by atoms with E-state index in [-0.39, 0.29) is 12.3 Å². The number of anilines is 1. The van der Waals surface area contributed by atoms with E-state index in [0.29, 0.717) is 49.1 Å². The minimum atomic E-state index is -0.140. The zero-order valence-corrected chi connectivity index (χ0v) is 22.7. The molecule has 3 aromatic rings. The Balaban J connectivity index is 1.24. The number of hydrogen-bond donors (Lipinski definition) is 3. The van der Waals surface area contributed by atoms with Gasteiger partial charge in [-0.15, -0.1) is 0 Å². The number of ether oxygens (including phenoxy) is 2. The molecule has 0 bridgehead atoms. The molecule has 1 aromatic carbocycles. The van der Waals surface area contributed by atoms with Gasteiger partial charge in [-0.3, -0.25) is 14.4 Å². The monoisotopic (exact) mass is 585 g/mol. The Labute approximate surface area is 229 Å². The number of nitrogens with zero attached hydrogens (tertiary/aromatic N) is 6. The maximum atomic E-state index is 11.7. The van der Waals surface area contributed by atoms with E-state index in [1.54, 1.807) is 19.6 Å². The standard InChI is InChI=1S/C25H32BrN9O3/c1-29-23(27)17(13-34(16-36)10-11-37-19-4-2-18(26)3-5-19)12-30-9-8-20-6-7-21(38-20)35-15-33-22-24(28)31-14-32-25(22)35/h2-5,13-16,20-21,30H,6-12H2,1H3,(H2,27,29)(H2,28,31,32)/b17-13-/t20-,21+/m0/s1. The van der Waals surface area contributed by atoms with Gasteiger partial charge in [0.15, 0.2) is 11.5 Å². The van der Waals surface area contributed by atoms with Gasteiger partial charge in [-0.25, -0.2) is 15.0 Å². The Bertz CT molecular complexity index is 1280. The average Bonchev–Trinajstić information content (AvgIpc) is 3.58. The molecule has 0 spiro atoms. The lowest BCUT2D eigenvalue weighted by molar-refractivity contribution is -0.116. The largest absolute Gasteiger partial charge is 0.492 e. The summed E-state index contributed by atoms with van der Waals surface area (Å²) in [6.07, 6.45) is 8.13. The molecule has 0 saturated carbocycles. The number of halogens is 1. The molecule has 4 rings (SSSR count). The molecule has 1 amide bonds. The SMILES string of the molecule is CN=C(N)/C(=C\N(C=O)CCOc1ccc(Br)cc1)CNCC[C@@H]1CC[C@H](n2cnc3c(N)ncnc32)O1. The maximum Gasteiger partial charge on any atom is 0.213 e. The van der Waals surface area contributed by atoms with Crippen molar-refractivity contribution in [3.05, 3.63) is 53.2 Å². The van der Waals surface area contributed by atoms with Crippen LogP contribution in [0.2, 0.25) is 0 Å². The van der Waals surface area contributed by atoms with Gasteiger partial charge in [-0.1, -0.05) is 15.9 Å². The zero-order valence-electron chi connectivity index (χ0n) is 21.2. The number of amidine groups is 1. The van der Waals surface area contributed by atoms with E-state index in [0.717, 1.165) is 41.5 Å². The number of benzene rings is 1. The van der Waals surface area contributed by atoms with Crippen molar-refractivity contribution in [3.63, 3.8) is 0 Å². The first-order valence-electron chi connectivity index (χ1n) is 12.3. The fourth-order valence-corrected chi connectivity index (χ4v) is 4.43. The molecule has 2 aromatic heterocycles. The molecule has 0 aliphatic carbocycles. The topological polar surface area (TPSA) is 159 Å². The highest BCUT2D eigenvalue weighted by Gasteiger charge is 2.28. The van der Waals surface area contributed by atoms with Crippen LogP contribution in [0.5, 0.6) is 5.75 Å². The number of hydrogen-bond acceptors (Lipinski definition) is 9. The highest BCUT2D eigenvalue weighted by molar-refractivity contribution is 9.10. The van der Waals surface area contributed by atoms with Gasteiger partial charge in [-0.2, -0.15) is 0 Å². The van der Waals surface area contributed by atoms with Crippen LogP contribution in [0.25, 0.3) is 11.2 Å². The normalized spacial score (nSPS) is 18.2. The van der Waals surface area contributed by atoms with E-state index in [2.05, 4.69) is 41.2 Å². The smallest absolute Gasteiger partial charge is 0.213 e. The minimum absolute atomic E-state index is 0.0935. The van der Waals surface area contributed by atoms with Crippen LogP contribution in [0.15, 0.2) is 58.2 Å². The number of amides is 1. The number of nitrogen functional groups attached to an aromatic ring is 1. The van der Waals surface area contributed by atoms with Crippen LogP contribution >= 0.6 is 15.9 Å². The summed E-state index contributed by atoms with van der Waals surface area (Å²) in [6, 6.07) is 7.52. The number of carbonyl (C=O) groups is 1. The Hall–Kier alpha value is -3.55. The average molecular weight is 586 g/mol. The number of fused-ring (bicyclic) bond motifs is 1. The summed E-state index contributed by atoms with van der Waals surface area (Å²) in [5, 5.41) is 3.39. The van der Waals surface area contributed by atoms with E-state index in [4.69, 9.17) is 20.9 Å². The third-order valence-electron chi connectivity index (χ3n) is 6.20. The molecule has 13 heteroatoms. The third-order valence-corrected chi connectivity index (χ3v) is 6.73. The van der Waals surface area contributed by atoms with E-state index >= 15 is 0 Å². The summed E-state index contributed by atoms with van der Waals surface area (Å²) in [6.45, 7) is 1.88. The number of nitrogens with one attached hydrogen (secondary N) is 1. The van der Waals surface area contributed by atoms with Crippen molar-refractivity contribution < 1.29 is 14.3 Å². The van der Waals surface area contributed by atoms with Gasteiger partial charge in [-0.05, 0) is 50.1 Å². The number of rotatable bonds is 13. The summed E-state index contributed by atoms with van der Waals surface area (Å²) in [4.78, 5) is 29.9. The number of aliphatic imine (C=N–C) groups is 1. The summed E-state index contributed by atoms with van der Waals surface area (Å²) < 4.78 is 14.9. The quantitative estimate of drug-likeness (QED) is 0.118. The predicted molar refractivity (Wildman–Crippen MR) is 148 cm³/mol. The van der Waals surface area contributed by atoms with Crippen molar-refractivity contribution in [2.45, 2.75) is 31.6 Å². The van der Waals surface area contributed by atoms with Crippen LogP contribution < -0.4 is 21.5 Å². The van der Waals surface area contributed by atoms with Crippen molar-refractivity contribution in [3.8, 4) is 5.75 Å². The van der Waals surface area contributed by atoms with Gasteiger partial charge in [0.05, 0.1) is 19.0 Å². The van der Waals surface area contributed by atoms with Crippen LogP contribution in [0.4, 0.5) is 5.82 Å². The first-order chi connectivity index (χ1) is 18.5. The van der Waals surface area contributed by atoms with Gasteiger partial charge in [0.1, 0.15) is 36.3 Å². The second-order valence-electron chi connectivity index (χ2n) is 8.75. The van der Waals surface area contributed by atoms with Crippen molar-refractivity contribution in [1.29, 1.82) is 0 Å². The van der Waals surface area contributed by atoms with Gasteiger partial charge in [0, 0.05) is 29.8 Å². The van der Waals surface area contributed by atoms with Gasteiger partial charge in [0.2, 0.25) is 6.41 Å². The first-order valence-corrected chi connectivity index (χ1v) is 13.1. The van der Waals surface area contributed by atoms with Crippen molar-refractivity contribution in [2.75, 3.05) is 39.0 Å². The zero-order chi connectivity index (χ0) is 26.9. The Morgan fingerprint density at radius 3 is 2.89 bits per heavy atom. The van der Waals surface area contributed by atoms with Crippen molar-refractivity contribution >= 4 is 45.2 Å². The Morgan fingerprint density at radius 1 is 1.32 bits per heavy atom. The molecule has 1 saturated heterocycles. The lowest BCUT2D eigenvalue weighted by Gasteiger charge is -2.17. The summed E-state index contributed by atoms with van der Waals surface area (Å²) in [5.74, 6) is 1.45. The number of carbonyl (C=O) groups excluding carboxylic acids is 1. The lowest BCUT2D eigenvalue weighted by Crippen LogP contribution is -2.31. The highest BCUT2D eigenvalue weighted by atomic mass is 79.9. The van der Waals surface area contributed by atoms with Gasteiger partial charge >= 0.3 is 0 Å². The van der Waals surface area contributed by atoms with Crippen molar-refractivity contribution in [2.24, 2.45) is 10.7 Å². The molecule has 0 unspecified atom stereocenters. The van der Waals surface area contributed by atoms with Crippen LogP contribution in [0.1, 0.15) is 25.5 Å². The van der Waals surface area contributed by atoms with E-state index < -0.39 is 0 Å². The second kappa shape index (κ2) is 13.3. The molecule has 0 radical (unpaired) electrons. The molecule has 1 aliphatic heterocycles. The lowest BCUT2D eigenvalue weighted by atomic mass is 10.1. The summed E-state index contributed by atoms with van der Waals surface area (Å²) >= 11 is 3.40. The molecule has 5 N–H and O–H groups in total. The maximum absolute atomic E-state index is 11.7. The third kappa shape index (κ3) is 7.05. The molecule has 12 nitrogen and oxygen atoms in total. The Morgan fingerprint density at radius 2 is 2.13 bits per heavy atom. The van der Waals surface area contributed by atoms with Gasteiger partial charge in [0.25, 0.3) is 0 Å². The number of nitrogens with two attached hydrogens (primary N) is 2. The molecule has 2 atom stereocenters. The number of aromatic nitrogens is 4. The first kappa shape index (κ1) is 27.5. The molecular formula is C25H32BrN9O3. The summed E-state index contributed by atoms with van der Waals surface area (Å²) in [7, 11) is 1.62. The molecular weight excluding hydrogens is 554 g/mol. The molecule has 3 heterocycles. The van der Waals surface area contributed by atoms with Gasteiger partial charge < -0.3 is 31.2 Å². The molecule has 1 fully saturated rings. The van der Waals surface area contributed by atoms with E-state index in [9.17, 15) is 4.79 Å². The number of imidazole rings is 1. The molecule has 1 aliphatic rings. The fraction of sp³-hybridized carbons (Fsp3) is 0.400. The summed E-state index contributed by atoms with van der Waals surface area (Å²) in [5.41, 5.74) is 14.0. The predicted octanol–water partition coefficient (Wildman–Crippen LogP) is 2.24. The Kier molecular flexibility index (Phi) is 9.62. The van der Waals surface area contributed by atoms with E-state index in [1.165, 1.54) is 11.2 Å². The van der Waals surface area contributed by atoms with Crippen molar-refractivity contribution in [1.82, 2.24) is 29.7 Å². The fourth-order valence-electron chi connectivity index (χ4n) is 4.16. The second-order valence-corrected chi connectivity index (χ2v) is 9.66. The highest BCUT2D eigenvalue weighted by Crippen LogP contribution is 2.32. The van der Waals surface area contributed by atoms with E-state index in [1.807, 2.05) is 28.8 Å².